The van der Waals surface area contributed by atoms with Crippen LogP contribution in [0.5, 0.6) is 5.75 Å². The van der Waals surface area contributed by atoms with Crippen LogP contribution in [0.2, 0.25) is 5.02 Å². The quantitative estimate of drug-likeness (QED) is 0.0642. The molecule has 0 aliphatic heterocycles. The number of anilines is 1. The van der Waals surface area contributed by atoms with Gasteiger partial charge in [-0.15, -0.1) is 36.2 Å². The van der Waals surface area contributed by atoms with E-state index in [9.17, 15) is 25.2 Å². The molecule has 0 aliphatic rings. The van der Waals surface area contributed by atoms with Crippen molar-refractivity contribution in [3.8, 4) is 39.6 Å². The molecule has 2 aromatic carbocycles. The van der Waals surface area contributed by atoms with Gasteiger partial charge in [-0.2, -0.15) is 10.5 Å². The molecule has 282 valence electrons. The first-order valence-electron chi connectivity index (χ1n) is 16.2. The van der Waals surface area contributed by atoms with Crippen molar-refractivity contribution in [2.75, 3.05) is 25.4 Å². The minimum atomic E-state index is -1.12. The molecule has 17 heteroatoms. The van der Waals surface area contributed by atoms with Gasteiger partial charge in [0.15, 0.2) is 0 Å². The number of halogens is 3. The second-order valence-corrected chi connectivity index (χ2v) is 14.2. The monoisotopic (exact) mass is 818 g/mol. The highest BCUT2D eigenvalue weighted by Gasteiger charge is 2.34. The summed E-state index contributed by atoms with van der Waals surface area (Å²) in [6, 6.07) is 16.5. The number of nitrogens with two attached hydrogens (primary N) is 3. The van der Waals surface area contributed by atoms with Gasteiger partial charge in [0.25, 0.3) is 0 Å². The SMILES string of the molecule is CC(C)[C@H](C(=O)O)N(CCOc1ccc(-c2c(C#N)c(N)nc(SCc3csc(-c4ccc(Cl)cc4)n3)c2C#N)cc1)C(=O)[C@@H](N)CCCCN.Cl.Cl. The Morgan fingerprint density at radius 3 is 2.25 bits per heavy atom. The van der Waals surface area contributed by atoms with Crippen molar-refractivity contribution in [1.82, 2.24) is 14.9 Å². The minimum absolute atomic E-state index is 0. The van der Waals surface area contributed by atoms with Crippen LogP contribution in [0.25, 0.3) is 21.7 Å². The number of unbranched alkanes of at least 4 members (excludes halogenated alkanes) is 1. The van der Waals surface area contributed by atoms with E-state index in [1.165, 1.54) is 28.0 Å². The summed E-state index contributed by atoms with van der Waals surface area (Å²) in [5, 5.41) is 33.9. The maximum atomic E-state index is 13.3. The molecule has 12 nitrogen and oxygen atoms in total. The number of rotatable bonds is 17. The van der Waals surface area contributed by atoms with Crippen molar-refractivity contribution in [1.29, 1.82) is 10.5 Å². The molecule has 0 bridgehead atoms. The van der Waals surface area contributed by atoms with Gasteiger partial charge in [-0.3, -0.25) is 4.79 Å². The van der Waals surface area contributed by atoms with E-state index < -0.39 is 24.0 Å². The van der Waals surface area contributed by atoms with Crippen molar-refractivity contribution in [3.05, 3.63) is 75.8 Å². The fourth-order valence-electron chi connectivity index (χ4n) is 5.42. The molecule has 0 saturated carbocycles. The molecule has 2 aromatic heterocycles. The maximum absolute atomic E-state index is 13.3. The maximum Gasteiger partial charge on any atom is 0.326 e. The lowest BCUT2D eigenvalue weighted by molar-refractivity contribution is -0.153. The van der Waals surface area contributed by atoms with E-state index in [1.807, 2.05) is 17.5 Å². The first kappa shape index (κ1) is 45.0. The van der Waals surface area contributed by atoms with Gasteiger partial charge in [0.1, 0.15) is 52.0 Å². The van der Waals surface area contributed by atoms with Crippen molar-refractivity contribution in [2.45, 2.75) is 56.0 Å². The number of nitrogens with zero attached hydrogens (tertiary/aromatic N) is 5. The van der Waals surface area contributed by atoms with Gasteiger partial charge in [0.05, 0.1) is 23.8 Å². The number of carboxylic acid groups (broad SMARTS) is 1. The summed E-state index contributed by atoms with van der Waals surface area (Å²) in [7, 11) is 0. The first-order chi connectivity index (χ1) is 24.5. The third kappa shape index (κ3) is 11.7. The number of aromatic nitrogens is 2. The molecule has 7 N–H and O–H groups in total. The number of benzene rings is 2. The largest absolute Gasteiger partial charge is 0.492 e. The third-order valence-electron chi connectivity index (χ3n) is 7.95. The van der Waals surface area contributed by atoms with Gasteiger partial charge in [-0.1, -0.05) is 67.9 Å². The molecule has 0 saturated heterocycles. The highest BCUT2D eigenvalue weighted by Crippen LogP contribution is 2.37. The van der Waals surface area contributed by atoms with Crippen LogP contribution in [0.4, 0.5) is 5.82 Å². The molecule has 4 aromatic rings. The van der Waals surface area contributed by atoms with Gasteiger partial charge >= 0.3 is 5.97 Å². The van der Waals surface area contributed by atoms with Crippen LogP contribution in [-0.2, 0) is 15.3 Å². The molecule has 0 spiro atoms. The van der Waals surface area contributed by atoms with E-state index in [1.54, 1.807) is 50.2 Å². The van der Waals surface area contributed by atoms with E-state index in [2.05, 4.69) is 17.1 Å². The van der Waals surface area contributed by atoms with E-state index in [4.69, 9.17) is 38.5 Å². The summed E-state index contributed by atoms with van der Waals surface area (Å²) in [6.07, 6.45) is 1.76. The van der Waals surface area contributed by atoms with Gasteiger partial charge in [0.2, 0.25) is 5.91 Å². The van der Waals surface area contributed by atoms with Crippen LogP contribution in [0.3, 0.4) is 0 Å². The van der Waals surface area contributed by atoms with Crippen LogP contribution in [0.1, 0.15) is 49.9 Å². The molecule has 53 heavy (non-hydrogen) atoms. The Morgan fingerprint density at radius 2 is 1.66 bits per heavy atom. The molecule has 0 aliphatic carbocycles. The Labute approximate surface area is 334 Å². The predicted molar refractivity (Wildman–Crippen MR) is 214 cm³/mol. The van der Waals surface area contributed by atoms with Crippen molar-refractivity contribution in [2.24, 2.45) is 17.4 Å². The molecule has 0 unspecified atom stereocenters. The molecular formula is C36H41Cl3N8O4S2. The summed E-state index contributed by atoms with van der Waals surface area (Å²) in [6.45, 7) is 3.95. The number of aliphatic carboxylic acids is 1. The predicted octanol–water partition coefficient (Wildman–Crippen LogP) is 6.76. The smallest absolute Gasteiger partial charge is 0.326 e. The number of carbonyl (C=O) groups excluding carboxylic acids is 1. The summed E-state index contributed by atoms with van der Waals surface area (Å²) in [5.74, 6) is -1.10. The van der Waals surface area contributed by atoms with Gasteiger partial charge in [-0.25, -0.2) is 14.8 Å². The highest BCUT2D eigenvalue weighted by molar-refractivity contribution is 7.98. The zero-order chi connectivity index (χ0) is 37.1. The summed E-state index contributed by atoms with van der Waals surface area (Å²) >= 11 is 8.81. The van der Waals surface area contributed by atoms with Gasteiger partial charge < -0.3 is 31.9 Å². The summed E-state index contributed by atoms with van der Waals surface area (Å²) in [4.78, 5) is 35.8. The van der Waals surface area contributed by atoms with Gasteiger partial charge in [-0.05, 0) is 55.1 Å². The summed E-state index contributed by atoms with van der Waals surface area (Å²) in [5.41, 5.74) is 20.9. The Hall–Kier alpha value is -4.12. The number of carbonyl (C=O) groups is 2. The molecule has 0 radical (unpaired) electrons. The number of thioether (sulfide) groups is 1. The van der Waals surface area contributed by atoms with Crippen LogP contribution < -0.4 is 21.9 Å². The van der Waals surface area contributed by atoms with Crippen LogP contribution in [0.15, 0.2) is 58.9 Å². The zero-order valence-electron chi connectivity index (χ0n) is 29.0. The second-order valence-electron chi connectivity index (χ2n) is 11.9. The molecule has 2 atom stereocenters. The van der Waals surface area contributed by atoms with Crippen molar-refractivity contribution >= 4 is 77.2 Å². The van der Waals surface area contributed by atoms with Crippen LogP contribution >= 0.6 is 59.5 Å². The average Bonchev–Trinajstić information content (AvgIpc) is 3.59. The van der Waals surface area contributed by atoms with Crippen LogP contribution in [-0.4, -0.2) is 63.6 Å². The zero-order valence-corrected chi connectivity index (χ0v) is 33.1. The number of ether oxygens (including phenoxy) is 1. The van der Waals surface area contributed by atoms with Gasteiger partial charge in [0, 0.05) is 27.3 Å². The highest BCUT2D eigenvalue weighted by atomic mass is 35.5. The van der Waals surface area contributed by atoms with Crippen molar-refractivity contribution < 1.29 is 19.4 Å². The summed E-state index contributed by atoms with van der Waals surface area (Å²) < 4.78 is 5.93. The Bertz CT molecular complexity index is 1920. The Balaban J connectivity index is 0.00000486. The normalized spacial score (nSPS) is 11.7. The fraction of sp³-hybridized carbons (Fsp3) is 0.333. The third-order valence-corrected chi connectivity index (χ3v) is 10.2. The molecule has 0 fully saturated rings. The topological polar surface area (TPSA) is 218 Å². The Kier molecular flexibility index (Phi) is 18.3. The number of hydrogen-bond acceptors (Lipinski definition) is 12. The minimum Gasteiger partial charge on any atom is -0.492 e. The number of thiazole rings is 1. The molecular weight excluding hydrogens is 779 g/mol. The van der Waals surface area contributed by atoms with Crippen molar-refractivity contribution in [3.63, 3.8) is 0 Å². The first-order valence-corrected chi connectivity index (χ1v) is 18.4. The standard InChI is InChI=1S/C36H39ClN8O4S2.2ClH/c1-21(2)31(36(47)48)45(35(46)29(41)5-3-4-14-38)15-16-49-26-12-8-22(9-13-26)30-27(17-39)32(42)44-34(28(30)18-40)51-20-25-19-50-33(43-25)23-6-10-24(37)11-7-23;;/h6-13,19,21,29,31H,3-5,14-16,20,38,41H2,1-2H3,(H2,42,44)(H,47,48);2*1H/t29-,31+;;/m0../s1. The molecule has 1 amide bonds. The Morgan fingerprint density at radius 1 is 1.02 bits per heavy atom. The number of nitriles is 2. The molecule has 2 heterocycles. The second kappa shape index (κ2) is 21.5. The molecule has 4 rings (SSSR count). The lowest BCUT2D eigenvalue weighted by Crippen LogP contribution is -2.54. The fourth-order valence-corrected chi connectivity index (χ4v) is 7.37. The number of carboxylic acids is 1. The number of hydrogen-bond donors (Lipinski definition) is 4. The number of amides is 1. The van der Waals surface area contributed by atoms with E-state index in [0.717, 1.165) is 16.3 Å². The van der Waals surface area contributed by atoms with E-state index in [-0.39, 0.29) is 60.8 Å². The number of pyridine rings is 1. The lowest BCUT2D eigenvalue weighted by Gasteiger charge is -2.33. The number of nitrogen functional groups attached to an aromatic ring is 1. The average molecular weight is 820 g/mol. The van der Waals surface area contributed by atoms with Crippen LogP contribution in [0, 0.1) is 28.6 Å². The lowest BCUT2D eigenvalue weighted by atomic mass is 9.97. The van der Waals surface area contributed by atoms with E-state index in [0.29, 0.717) is 58.5 Å². The van der Waals surface area contributed by atoms with E-state index >= 15 is 0 Å².